The minimum Gasteiger partial charge on any atom is -0.367 e. The average molecular weight is 295 g/mol. The zero-order chi connectivity index (χ0) is 12.8. The number of nitriles is 1. The van der Waals surface area contributed by atoms with Crippen LogP contribution in [0, 0.1) is 11.3 Å². The number of halogens is 1. The van der Waals surface area contributed by atoms with Crippen LogP contribution in [0.5, 0.6) is 0 Å². The van der Waals surface area contributed by atoms with E-state index in [0.29, 0.717) is 18.5 Å². The van der Waals surface area contributed by atoms with Crippen molar-refractivity contribution in [3.8, 4) is 6.07 Å². The van der Waals surface area contributed by atoms with Gasteiger partial charge in [0.1, 0.15) is 0 Å². The van der Waals surface area contributed by atoms with Crippen molar-refractivity contribution in [2.75, 3.05) is 11.4 Å². The first-order chi connectivity index (χ1) is 8.10. The molecule has 17 heavy (non-hydrogen) atoms. The SMILES string of the molecule is CC(C)N(CCC#N)c1cc(Br)ccc1C=O. The summed E-state index contributed by atoms with van der Waals surface area (Å²) in [4.78, 5) is 13.1. The average Bonchev–Trinajstić information content (AvgIpc) is 2.29. The second-order valence-electron chi connectivity index (χ2n) is 4.02. The van der Waals surface area contributed by atoms with Crippen molar-refractivity contribution in [3.63, 3.8) is 0 Å². The molecule has 0 fully saturated rings. The molecule has 0 amide bonds. The summed E-state index contributed by atoms with van der Waals surface area (Å²) in [6.07, 6.45) is 1.30. The fourth-order valence-electron chi connectivity index (χ4n) is 1.69. The summed E-state index contributed by atoms with van der Waals surface area (Å²) < 4.78 is 0.931. The van der Waals surface area contributed by atoms with Crippen LogP contribution in [0.15, 0.2) is 22.7 Å². The zero-order valence-corrected chi connectivity index (χ0v) is 11.6. The highest BCUT2D eigenvalue weighted by atomic mass is 79.9. The molecule has 0 aromatic heterocycles. The van der Waals surface area contributed by atoms with Crippen LogP contribution in [0.4, 0.5) is 5.69 Å². The van der Waals surface area contributed by atoms with E-state index < -0.39 is 0 Å². The van der Waals surface area contributed by atoms with Crippen molar-refractivity contribution >= 4 is 27.9 Å². The number of hydrogen-bond donors (Lipinski definition) is 0. The standard InChI is InChI=1S/C13H15BrN2O/c1-10(2)16(7-3-6-15)13-8-12(14)5-4-11(13)9-17/h4-5,8-10H,3,7H2,1-2H3. The summed E-state index contributed by atoms with van der Waals surface area (Å²) in [5.41, 5.74) is 1.53. The number of anilines is 1. The summed E-state index contributed by atoms with van der Waals surface area (Å²) in [5.74, 6) is 0. The van der Waals surface area contributed by atoms with Crippen LogP contribution in [-0.4, -0.2) is 18.9 Å². The highest BCUT2D eigenvalue weighted by Crippen LogP contribution is 2.25. The van der Waals surface area contributed by atoms with Crippen LogP contribution in [0.2, 0.25) is 0 Å². The van der Waals surface area contributed by atoms with E-state index in [4.69, 9.17) is 5.26 Å². The Morgan fingerprint density at radius 1 is 1.53 bits per heavy atom. The zero-order valence-electron chi connectivity index (χ0n) is 9.98. The molecule has 0 atom stereocenters. The van der Waals surface area contributed by atoms with Crippen molar-refractivity contribution in [2.24, 2.45) is 0 Å². The Morgan fingerprint density at radius 3 is 2.76 bits per heavy atom. The van der Waals surface area contributed by atoms with Gasteiger partial charge in [0.05, 0.1) is 12.5 Å². The monoisotopic (exact) mass is 294 g/mol. The first-order valence-electron chi connectivity index (χ1n) is 5.48. The lowest BCUT2D eigenvalue weighted by Gasteiger charge is -2.29. The van der Waals surface area contributed by atoms with Gasteiger partial charge in [0, 0.05) is 28.3 Å². The topological polar surface area (TPSA) is 44.1 Å². The van der Waals surface area contributed by atoms with Gasteiger partial charge in [-0.2, -0.15) is 5.26 Å². The van der Waals surface area contributed by atoms with E-state index in [0.717, 1.165) is 16.4 Å². The van der Waals surface area contributed by atoms with E-state index in [1.54, 1.807) is 6.07 Å². The van der Waals surface area contributed by atoms with E-state index in [1.165, 1.54) is 0 Å². The molecule has 1 aromatic rings. The third-order valence-electron chi connectivity index (χ3n) is 2.52. The second kappa shape index (κ2) is 6.41. The number of carbonyl (C=O) groups excluding carboxylic acids is 1. The molecule has 1 aromatic carbocycles. The smallest absolute Gasteiger partial charge is 0.152 e. The quantitative estimate of drug-likeness (QED) is 0.782. The van der Waals surface area contributed by atoms with Crippen LogP contribution in [0.3, 0.4) is 0 Å². The molecule has 3 nitrogen and oxygen atoms in total. The lowest BCUT2D eigenvalue weighted by molar-refractivity contribution is 0.112. The number of aldehydes is 1. The largest absolute Gasteiger partial charge is 0.367 e. The van der Waals surface area contributed by atoms with Crippen molar-refractivity contribution in [1.82, 2.24) is 0 Å². The van der Waals surface area contributed by atoms with Crippen molar-refractivity contribution in [2.45, 2.75) is 26.3 Å². The van der Waals surface area contributed by atoms with Gasteiger partial charge in [0.25, 0.3) is 0 Å². The Kier molecular flexibility index (Phi) is 5.17. The van der Waals surface area contributed by atoms with Crippen LogP contribution in [0.25, 0.3) is 0 Å². The van der Waals surface area contributed by atoms with Gasteiger partial charge in [0.15, 0.2) is 6.29 Å². The molecule has 0 bridgehead atoms. The van der Waals surface area contributed by atoms with Crippen LogP contribution < -0.4 is 4.90 Å². The Balaban J connectivity index is 3.12. The molecule has 0 N–H and O–H groups in total. The molecule has 0 heterocycles. The van der Waals surface area contributed by atoms with Gasteiger partial charge in [-0.1, -0.05) is 15.9 Å². The summed E-state index contributed by atoms with van der Waals surface area (Å²) >= 11 is 3.40. The van der Waals surface area contributed by atoms with Gasteiger partial charge in [-0.15, -0.1) is 0 Å². The number of carbonyl (C=O) groups is 1. The van der Waals surface area contributed by atoms with Crippen molar-refractivity contribution in [3.05, 3.63) is 28.2 Å². The van der Waals surface area contributed by atoms with E-state index >= 15 is 0 Å². The molecule has 90 valence electrons. The first-order valence-corrected chi connectivity index (χ1v) is 6.27. The maximum absolute atomic E-state index is 11.0. The molecule has 0 saturated heterocycles. The number of rotatable bonds is 5. The van der Waals surface area contributed by atoms with Crippen LogP contribution in [-0.2, 0) is 0 Å². The lowest BCUT2D eigenvalue weighted by atomic mass is 10.1. The molecule has 0 aliphatic carbocycles. The second-order valence-corrected chi connectivity index (χ2v) is 4.93. The highest BCUT2D eigenvalue weighted by Gasteiger charge is 2.14. The molecule has 0 aliphatic rings. The number of hydrogen-bond acceptors (Lipinski definition) is 3. The third kappa shape index (κ3) is 3.57. The lowest BCUT2D eigenvalue weighted by Crippen LogP contribution is -2.32. The van der Waals surface area contributed by atoms with E-state index in [2.05, 4.69) is 26.9 Å². The van der Waals surface area contributed by atoms with Gasteiger partial charge >= 0.3 is 0 Å². The fraction of sp³-hybridized carbons (Fsp3) is 0.385. The predicted octanol–water partition coefficient (Wildman–Crippen LogP) is 3.39. The summed E-state index contributed by atoms with van der Waals surface area (Å²) in [5, 5.41) is 8.67. The van der Waals surface area contributed by atoms with Gasteiger partial charge in [-0.05, 0) is 32.0 Å². The molecule has 0 spiro atoms. The summed E-state index contributed by atoms with van der Waals surface area (Å²) in [7, 11) is 0. The van der Waals surface area contributed by atoms with Gasteiger partial charge in [-0.3, -0.25) is 4.79 Å². The van der Waals surface area contributed by atoms with Crippen molar-refractivity contribution in [1.29, 1.82) is 5.26 Å². The molecular weight excluding hydrogens is 280 g/mol. The Labute approximate surface area is 110 Å². The minimum absolute atomic E-state index is 0.247. The predicted molar refractivity (Wildman–Crippen MR) is 72.2 cm³/mol. The molecule has 0 unspecified atom stereocenters. The number of nitrogens with zero attached hydrogens (tertiary/aromatic N) is 2. The number of benzene rings is 1. The normalized spacial score (nSPS) is 10.1. The minimum atomic E-state index is 0.247. The maximum atomic E-state index is 11.0. The van der Waals surface area contributed by atoms with E-state index in [-0.39, 0.29) is 6.04 Å². The third-order valence-corrected chi connectivity index (χ3v) is 3.01. The Bertz CT molecular complexity index is 438. The van der Waals surface area contributed by atoms with Gasteiger partial charge < -0.3 is 4.90 Å². The summed E-state index contributed by atoms with van der Waals surface area (Å²) in [6, 6.07) is 7.93. The Hall–Kier alpha value is -1.34. The molecule has 0 radical (unpaired) electrons. The molecule has 1 rings (SSSR count). The first kappa shape index (κ1) is 13.7. The van der Waals surface area contributed by atoms with Crippen molar-refractivity contribution < 1.29 is 4.79 Å². The Morgan fingerprint density at radius 2 is 2.24 bits per heavy atom. The fourth-order valence-corrected chi connectivity index (χ4v) is 2.04. The maximum Gasteiger partial charge on any atom is 0.152 e. The molecule has 4 heteroatoms. The van der Waals surface area contributed by atoms with E-state index in [9.17, 15) is 4.79 Å². The van der Waals surface area contributed by atoms with Crippen LogP contribution >= 0.6 is 15.9 Å². The van der Waals surface area contributed by atoms with E-state index in [1.807, 2.05) is 26.0 Å². The molecular formula is C13H15BrN2O. The molecule has 0 saturated carbocycles. The van der Waals surface area contributed by atoms with Gasteiger partial charge in [0.2, 0.25) is 0 Å². The highest BCUT2D eigenvalue weighted by molar-refractivity contribution is 9.10. The van der Waals surface area contributed by atoms with Crippen LogP contribution in [0.1, 0.15) is 30.6 Å². The molecule has 0 aliphatic heterocycles. The van der Waals surface area contributed by atoms with Gasteiger partial charge in [-0.25, -0.2) is 0 Å². The summed E-state index contributed by atoms with van der Waals surface area (Å²) in [6.45, 7) is 4.73.